The Kier molecular flexibility index (Phi) is 4.12. The van der Waals surface area contributed by atoms with Crippen LogP contribution in [0.5, 0.6) is 0 Å². The molecule has 1 heterocycles. The fourth-order valence-corrected chi connectivity index (χ4v) is 2.00. The van der Waals surface area contributed by atoms with Gasteiger partial charge in [0.1, 0.15) is 5.78 Å². The lowest BCUT2D eigenvalue weighted by atomic mass is 9.97. The first-order chi connectivity index (χ1) is 7.06. The number of urea groups is 1. The molecule has 1 atom stereocenters. The molecule has 0 aliphatic carbocycles. The first-order valence-corrected chi connectivity index (χ1v) is 5.56. The minimum atomic E-state index is 0.0287. The zero-order chi connectivity index (χ0) is 11.4. The molecule has 4 nitrogen and oxygen atoms in total. The van der Waals surface area contributed by atoms with Crippen LogP contribution in [0.2, 0.25) is 0 Å². The number of carbonyl (C=O) groups is 2. The first-order valence-electron chi connectivity index (χ1n) is 5.56. The van der Waals surface area contributed by atoms with Gasteiger partial charge in [0, 0.05) is 39.5 Å². The second-order valence-corrected chi connectivity index (χ2v) is 4.31. The second-order valence-electron chi connectivity index (χ2n) is 4.31. The molecule has 1 rings (SSSR count). The van der Waals surface area contributed by atoms with Gasteiger partial charge in [-0.25, -0.2) is 4.79 Å². The van der Waals surface area contributed by atoms with E-state index < -0.39 is 0 Å². The van der Waals surface area contributed by atoms with Gasteiger partial charge in [-0.3, -0.25) is 4.79 Å². The molecule has 1 aliphatic rings. The molecule has 1 unspecified atom stereocenters. The fraction of sp³-hybridized carbons (Fsp3) is 0.818. The standard InChI is InChI=1S/C11H20N2O2/c1-4-5-9-8-10(14)6-7-13(9)11(15)12(2)3/h9H,4-8H2,1-3H3. The zero-order valence-corrected chi connectivity index (χ0v) is 9.82. The van der Waals surface area contributed by atoms with Crippen LogP contribution < -0.4 is 0 Å². The Balaban J connectivity index is 2.67. The summed E-state index contributed by atoms with van der Waals surface area (Å²) in [5, 5.41) is 0. The summed E-state index contributed by atoms with van der Waals surface area (Å²) in [7, 11) is 3.50. The van der Waals surface area contributed by atoms with Crippen LogP contribution in [0.25, 0.3) is 0 Å². The molecule has 0 aromatic carbocycles. The topological polar surface area (TPSA) is 40.6 Å². The lowest BCUT2D eigenvalue weighted by molar-refractivity contribution is -0.122. The quantitative estimate of drug-likeness (QED) is 0.696. The molecule has 0 N–H and O–H groups in total. The number of carbonyl (C=O) groups excluding carboxylic acids is 2. The summed E-state index contributed by atoms with van der Waals surface area (Å²) >= 11 is 0. The van der Waals surface area contributed by atoms with Crippen LogP contribution in [0.1, 0.15) is 32.6 Å². The van der Waals surface area contributed by atoms with Crippen LogP contribution in [0.4, 0.5) is 4.79 Å². The van der Waals surface area contributed by atoms with Crippen molar-refractivity contribution in [2.45, 2.75) is 38.6 Å². The largest absolute Gasteiger partial charge is 0.331 e. The predicted octanol–water partition coefficient (Wildman–Crippen LogP) is 1.50. The van der Waals surface area contributed by atoms with Gasteiger partial charge in [-0.15, -0.1) is 0 Å². The Labute approximate surface area is 91.2 Å². The lowest BCUT2D eigenvalue weighted by Gasteiger charge is -2.36. The van der Waals surface area contributed by atoms with E-state index in [1.54, 1.807) is 19.0 Å². The number of hydrogen-bond acceptors (Lipinski definition) is 2. The number of Topliss-reactive ketones (excluding diaryl/α,β-unsaturated/α-hetero) is 1. The molecule has 86 valence electrons. The number of nitrogens with zero attached hydrogens (tertiary/aromatic N) is 2. The van der Waals surface area contributed by atoms with Crippen LogP contribution >= 0.6 is 0 Å². The van der Waals surface area contributed by atoms with E-state index >= 15 is 0 Å². The van der Waals surface area contributed by atoms with E-state index in [2.05, 4.69) is 6.92 Å². The van der Waals surface area contributed by atoms with Gasteiger partial charge in [0.15, 0.2) is 0 Å². The molecule has 0 bridgehead atoms. The average molecular weight is 212 g/mol. The van der Waals surface area contributed by atoms with Gasteiger partial charge in [-0.2, -0.15) is 0 Å². The highest BCUT2D eigenvalue weighted by Crippen LogP contribution is 2.19. The molecule has 15 heavy (non-hydrogen) atoms. The van der Waals surface area contributed by atoms with E-state index in [1.165, 1.54) is 0 Å². The Morgan fingerprint density at radius 1 is 1.53 bits per heavy atom. The number of amides is 2. The van der Waals surface area contributed by atoms with Gasteiger partial charge < -0.3 is 9.80 Å². The Hall–Kier alpha value is -1.06. The first kappa shape index (κ1) is 12.0. The summed E-state index contributed by atoms with van der Waals surface area (Å²) in [5.41, 5.74) is 0. The molecule has 0 radical (unpaired) electrons. The van der Waals surface area contributed by atoms with Crippen molar-refractivity contribution in [3.8, 4) is 0 Å². The number of likely N-dealkylation sites (tertiary alicyclic amines) is 1. The summed E-state index contributed by atoms with van der Waals surface area (Å²) in [5.74, 6) is 0.288. The Morgan fingerprint density at radius 3 is 2.73 bits per heavy atom. The Bertz CT molecular complexity index is 251. The number of hydrogen-bond donors (Lipinski definition) is 0. The average Bonchev–Trinajstić information content (AvgIpc) is 2.17. The Morgan fingerprint density at radius 2 is 2.20 bits per heavy atom. The SMILES string of the molecule is CCCC1CC(=O)CCN1C(=O)N(C)C. The molecule has 0 aromatic heterocycles. The van der Waals surface area contributed by atoms with Crippen molar-refractivity contribution in [3.63, 3.8) is 0 Å². The molecule has 2 amide bonds. The van der Waals surface area contributed by atoms with Gasteiger partial charge in [0.25, 0.3) is 0 Å². The van der Waals surface area contributed by atoms with Crippen LogP contribution in [0.3, 0.4) is 0 Å². The highest BCUT2D eigenvalue weighted by molar-refractivity contribution is 5.83. The molecule has 4 heteroatoms. The van der Waals surface area contributed by atoms with Crippen LogP contribution in [0.15, 0.2) is 0 Å². The van der Waals surface area contributed by atoms with Crippen molar-refractivity contribution in [1.29, 1.82) is 0 Å². The van der Waals surface area contributed by atoms with E-state index in [9.17, 15) is 9.59 Å². The van der Waals surface area contributed by atoms with Gasteiger partial charge in [-0.05, 0) is 6.42 Å². The van der Waals surface area contributed by atoms with E-state index in [1.807, 2.05) is 4.90 Å². The van der Waals surface area contributed by atoms with E-state index in [0.29, 0.717) is 19.4 Å². The van der Waals surface area contributed by atoms with Crippen molar-refractivity contribution in [1.82, 2.24) is 9.80 Å². The highest BCUT2D eigenvalue weighted by Gasteiger charge is 2.30. The zero-order valence-electron chi connectivity index (χ0n) is 9.82. The smallest absolute Gasteiger partial charge is 0.319 e. The molecular formula is C11H20N2O2. The minimum Gasteiger partial charge on any atom is -0.331 e. The molecule has 1 aliphatic heterocycles. The summed E-state index contributed by atoms with van der Waals surface area (Å²) < 4.78 is 0. The van der Waals surface area contributed by atoms with E-state index in [-0.39, 0.29) is 17.9 Å². The summed E-state index contributed by atoms with van der Waals surface area (Å²) in [6, 6.07) is 0.145. The summed E-state index contributed by atoms with van der Waals surface area (Å²) in [6.45, 7) is 2.66. The normalized spacial score (nSPS) is 21.7. The molecular weight excluding hydrogens is 192 g/mol. The maximum Gasteiger partial charge on any atom is 0.319 e. The van der Waals surface area contributed by atoms with Crippen LogP contribution in [-0.2, 0) is 4.79 Å². The predicted molar refractivity (Wildman–Crippen MR) is 58.7 cm³/mol. The van der Waals surface area contributed by atoms with Gasteiger partial charge in [-0.1, -0.05) is 13.3 Å². The number of rotatable bonds is 2. The van der Waals surface area contributed by atoms with Crippen LogP contribution in [0, 0.1) is 0 Å². The van der Waals surface area contributed by atoms with Crippen molar-refractivity contribution in [2.24, 2.45) is 0 Å². The summed E-state index contributed by atoms with van der Waals surface area (Å²) in [4.78, 5) is 26.6. The molecule has 0 aromatic rings. The van der Waals surface area contributed by atoms with Crippen LogP contribution in [-0.4, -0.2) is 48.3 Å². The molecule has 1 fully saturated rings. The van der Waals surface area contributed by atoms with Gasteiger partial charge in [0.05, 0.1) is 0 Å². The van der Waals surface area contributed by atoms with Gasteiger partial charge in [0.2, 0.25) is 0 Å². The minimum absolute atomic E-state index is 0.0287. The fourth-order valence-electron chi connectivity index (χ4n) is 2.00. The van der Waals surface area contributed by atoms with E-state index in [4.69, 9.17) is 0 Å². The number of ketones is 1. The summed E-state index contributed by atoms with van der Waals surface area (Å²) in [6.07, 6.45) is 2.98. The van der Waals surface area contributed by atoms with Crippen molar-refractivity contribution in [3.05, 3.63) is 0 Å². The van der Waals surface area contributed by atoms with Crippen molar-refractivity contribution in [2.75, 3.05) is 20.6 Å². The molecule has 1 saturated heterocycles. The number of piperidine rings is 1. The second kappa shape index (κ2) is 5.14. The molecule has 0 spiro atoms. The third-order valence-corrected chi connectivity index (χ3v) is 2.79. The third kappa shape index (κ3) is 2.94. The third-order valence-electron chi connectivity index (χ3n) is 2.79. The molecule has 0 saturated carbocycles. The van der Waals surface area contributed by atoms with Crippen molar-refractivity contribution < 1.29 is 9.59 Å². The maximum absolute atomic E-state index is 11.8. The van der Waals surface area contributed by atoms with Gasteiger partial charge >= 0.3 is 6.03 Å². The maximum atomic E-state index is 11.8. The lowest BCUT2D eigenvalue weighted by Crippen LogP contribution is -2.50. The highest BCUT2D eigenvalue weighted by atomic mass is 16.2. The van der Waals surface area contributed by atoms with E-state index in [0.717, 1.165) is 12.8 Å². The van der Waals surface area contributed by atoms with Crippen molar-refractivity contribution >= 4 is 11.8 Å². The monoisotopic (exact) mass is 212 g/mol.